The fraction of sp³-hybridized carbons (Fsp3) is 1.00. The minimum Gasteiger partial charge on any atom is -0.378 e. The van der Waals surface area contributed by atoms with Gasteiger partial charge in [-0.1, -0.05) is 6.92 Å². The van der Waals surface area contributed by atoms with Gasteiger partial charge in [-0.15, -0.1) is 0 Å². The largest absolute Gasteiger partial charge is 0.378 e. The second-order valence-electron chi connectivity index (χ2n) is 4.45. The Hall–Kier alpha value is -0.120. The summed E-state index contributed by atoms with van der Waals surface area (Å²) in [5.74, 6) is 1.43. The summed E-state index contributed by atoms with van der Waals surface area (Å²) in [6.45, 7) is 8.68. The highest BCUT2D eigenvalue weighted by atomic mass is 16.5. The van der Waals surface area contributed by atoms with Crippen molar-refractivity contribution in [1.29, 1.82) is 0 Å². The minimum atomic E-state index is 0.446. The molecule has 3 unspecified atom stereocenters. The Morgan fingerprint density at radius 1 is 1.43 bits per heavy atom. The van der Waals surface area contributed by atoms with Crippen molar-refractivity contribution in [2.45, 2.75) is 26.4 Å². The van der Waals surface area contributed by atoms with E-state index in [-0.39, 0.29) is 0 Å². The zero-order valence-electron chi connectivity index (χ0n) is 9.68. The van der Waals surface area contributed by atoms with Gasteiger partial charge < -0.3 is 15.4 Å². The standard InChI is InChI=1S/C11H24N2O/c1-9(6-12-3)7-13-8-11-4-5-14-10(11)2/h9-13H,4-8H2,1-3H3. The third-order valence-electron chi connectivity index (χ3n) is 2.99. The van der Waals surface area contributed by atoms with Crippen LogP contribution in [0.15, 0.2) is 0 Å². The Morgan fingerprint density at radius 2 is 2.21 bits per heavy atom. The number of nitrogens with one attached hydrogen (secondary N) is 2. The molecule has 1 heterocycles. The zero-order valence-corrected chi connectivity index (χ0v) is 9.68. The second kappa shape index (κ2) is 6.38. The van der Waals surface area contributed by atoms with Crippen LogP contribution in [-0.4, -0.2) is 39.4 Å². The number of ether oxygens (including phenoxy) is 1. The summed E-state index contributed by atoms with van der Waals surface area (Å²) in [4.78, 5) is 0. The van der Waals surface area contributed by atoms with Gasteiger partial charge in [0.15, 0.2) is 0 Å². The molecule has 84 valence electrons. The van der Waals surface area contributed by atoms with E-state index in [2.05, 4.69) is 24.5 Å². The van der Waals surface area contributed by atoms with E-state index in [1.165, 1.54) is 6.42 Å². The zero-order chi connectivity index (χ0) is 10.4. The Bertz CT molecular complexity index is 152. The Kier molecular flexibility index (Phi) is 5.45. The molecular formula is C11H24N2O. The van der Waals surface area contributed by atoms with Gasteiger partial charge in [-0.25, -0.2) is 0 Å². The van der Waals surface area contributed by atoms with Crippen LogP contribution >= 0.6 is 0 Å². The van der Waals surface area contributed by atoms with Crippen LogP contribution in [0.25, 0.3) is 0 Å². The molecule has 0 radical (unpaired) electrons. The predicted molar refractivity (Wildman–Crippen MR) is 59.5 cm³/mol. The van der Waals surface area contributed by atoms with Crippen LogP contribution in [0.5, 0.6) is 0 Å². The number of hydrogen-bond donors (Lipinski definition) is 2. The third kappa shape index (κ3) is 3.95. The molecule has 0 aliphatic carbocycles. The molecule has 0 aromatic carbocycles. The average molecular weight is 200 g/mol. The molecule has 0 aromatic rings. The Morgan fingerprint density at radius 3 is 2.79 bits per heavy atom. The highest BCUT2D eigenvalue weighted by Gasteiger charge is 2.23. The molecule has 0 bridgehead atoms. The van der Waals surface area contributed by atoms with Gasteiger partial charge in [0.1, 0.15) is 0 Å². The molecule has 0 saturated carbocycles. The molecular weight excluding hydrogens is 176 g/mol. The predicted octanol–water partition coefficient (Wildman–Crippen LogP) is 0.857. The maximum atomic E-state index is 5.52. The maximum Gasteiger partial charge on any atom is 0.0588 e. The fourth-order valence-corrected chi connectivity index (χ4v) is 1.98. The van der Waals surface area contributed by atoms with Crippen molar-refractivity contribution in [1.82, 2.24) is 10.6 Å². The molecule has 1 rings (SSSR count). The topological polar surface area (TPSA) is 33.3 Å². The van der Waals surface area contributed by atoms with Crippen LogP contribution < -0.4 is 10.6 Å². The van der Waals surface area contributed by atoms with Crippen molar-refractivity contribution >= 4 is 0 Å². The summed E-state index contributed by atoms with van der Waals surface area (Å²) >= 11 is 0. The molecule has 1 aliphatic rings. The van der Waals surface area contributed by atoms with Gasteiger partial charge in [0.2, 0.25) is 0 Å². The first-order chi connectivity index (χ1) is 6.74. The highest BCUT2D eigenvalue weighted by Crippen LogP contribution is 2.19. The first-order valence-corrected chi connectivity index (χ1v) is 5.71. The summed E-state index contributed by atoms with van der Waals surface area (Å²) in [7, 11) is 2.00. The number of rotatable bonds is 6. The molecule has 3 atom stereocenters. The monoisotopic (exact) mass is 200 g/mol. The van der Waals surface area contributed by atoms with Crippen molar-refractivity contribution in [3.63, 3.8) is 0 Å². The summed E-state index contributed by atoms with van der Waals surface area (Å²) < 4.78 is 5.52. The normalized spacial score (nSPS) is 29.4. The van der Waals surface area contributed by atoms with Gasteiger partial charge in [0.05, 0.1) is 6.10 Å². The Balaban J connectivity index is 2.03. The molecule has 1 saturated heterocycles. The van der Waals surface area contributed by atoms with E-state index in [1.54, 1.807) is 0 Å². The SMILES string of the molecule is CNCC(C)CNCC1CCOC1C. The van der Waals surface area contributed by atoms with Gasteiger partial charge in [-0.2, -0.15) is 0 Å². The molecule has 2 N–H and O–H groups in total. The first-order valence-electron chi connectivity index (χ1n) is 5.71. The Labute approximate surface area is 87.6 Å². The van der Waals surface area contributed by atoms with Crippen molar-refractivity contribution in [2.24, 2.45) is 11.8 Å². The van der Waals surface area contributed by atoms with E-state index in [0.717, 1.165) is 32.2 Å². The molecule has 1 fully saturated rings. The average Bonchev–Trinajstić information content (AvgIpc) is 2.52. The summed E-state index contributed by atoms with van der Waals surface area (Å²) in [6, 6.07) is 0. The van der Waals surface area contributed by atoms with Gasteiger partial charge in [-0.05, 0) is 45.3 Å². The molecule has 1 aliphatic heterocycles. The van der Waals surface area contributed by atoms with Crippen LogP contribution in [0.2, 0.25) is 0 Å². The van der Waals surface area contributed by atoms with E-state index in [0.29, 0.717) is 12.0 Å². The van der Waals surface area contributed by atoms with Gasteiger partial charge in [0.25, 0.3) is 0 Å². The first kappa shape index (κ1) is 12.0. The van der Waals surface area contributed by atoms with Gasteiger partial charge in [-0.3, -0.25) is 0 Å². The van der Waals surface area contributed by atoms with Crippen molar-refractivity contribution in [3.8, 4) is 0 Å². The van der Waals surface area contributed by atoms with Gasteiger partial charge in [0, 0.05) is 13.2 Å². The number of hydrogen-bond acceptors (Lipinski definition) is 3. The van der Waals surface area contributed by atoms with Crippen LogP contribution in [0.3, 0.4) is 0 Å². The lowest BCUT2D eigenvalue weighted by Gasteiger charge is -2.17. The summed E-state index contributed by atoms with van der Waals surface area (Å²) in [6.07, 6.45) is 1.66. The molecule has 0 amide bonds. The van der Waals surface area contributed by atoms with E-state index in [1.807, 2.05) is 7.05 Å². The van der Waals surface area contributed by atoms with Crippen LogP contribution in [-0.2, 0) is 4.74 Å². The van der Waals surface area contributed by atoms with E-state index < -0.39 is 0 Å². The summed E-state index contributed by atoms with van der Waals surface area (Å²) in [5.41, 5.74) is 0. The molecule has 3 nitrogen and oxygen atoms in total. The summed E-state index contributed by atoms with van der Waals surface area (Å²) in [5, 5.41) is 6.71. The van der Waals surface area contributed by atoms with Crippen LogP contribution in [0, 0.1) is 11.8 Å². The van der Waals surface area contributed by atoms with Crippen molar-refractivity contribution < 1.29 is 4.74 Å². The smallest absolute Gasteiger partial charge is 0.0588 e. The third-order valence-corrected chi connectivity index (χ3v) is 2.99. The maximum absolute atomic E-state index is 5.52. The van der Waals surface area contributed by atoms with Crippen LogP contribution in [0.4, 0.5) is 0 Å². The van der Waals surface area contributed by atoms with E-state index in [4.69, 9.17) is 4.74 Å². The van der Waals surface area contributed by atoms with E-state index >= 15 is 0 Å². The lowest BCUT2D eigenvalue weighted by molar-refractivity contribution is 0.105. The quantitative estimate of drug-likeness (QED) is 0.667. The van der Waals surface area contributed by atoms with E-state index in [9.17, 15) is 0 Å². The van der Waals surface area contributed by atoms with Crippen molar-refractivity contribution in [2.75, 3.05) is 33.3 Å². The molecule has 14 heavy (non-hydrogen) atoms. The second-order valence-corrected chi connectivity index (χ2v) is 4.45. The lowest BCUT2D eigenvalue weighted by Crippen LogP contribution is -2.33. The van der Waals surface area contributed by atoms with Crippen molar-refractivity contribution in [3.05, 3.63) is 0 Å². The van der Waals surface area contributed by atoms with Crippen LogP contribution in [0.1, 0.15) is 20.3 Å². The lowest BCUT2D eigenvalue weighted by atomic mass is 10.0. The fourth-order valence-electron chi connectivity index (χ4n) is 1.98. The molecule has 0 aromatic heterocycles. The highest BCUT2D eigenvalue weighted by molar-refractivity contribution is 4.74. The minimum absolute atomic E-state index is 0.446. The molecule has 0 spiro atoms. The van der Waals surface area contributed by atoms with Gasteiger partial charge >= 0.3 is 0 Å². The molecule has 3 heteroatoms.